The summed E-state index contributed by atoms with van der Waals surface area (Å²) in [5, 5.41) is 29.2. The van der Waals surface area contributed by atoms with E-state index in [2.05, 4.69) is 31.9 Å². The molecule has 0 heterocycles. The van der Waals surface area contributed by atoms with Gasteiger partial charge in [0.25, 0.3) is 0 Å². The lowest BCUT2D eigenvalue weighted by atomic mass is 9.92. The van der Waals surface area contributed by atoms with E-state index >= 15 is 0 Å². The van der Waals surface area contributed by atoms with Crippen LogP contribution in [0.4, 0.5) is 0 Å². The lowest BCUT2D eigenvalue weighted by Gasteiger charge is -2.25. The fraction of sp³-hybridized carbons (Fsp3) is 0. The Hall–Kier alpha value is -2.04. The molecule has 0 aliphatic heterocycles. The highest BCUT2D eigenvalue weighted by molar-refractivity contribution is 9.11. The normalized spacial score (nSPS) is 11.2. The minimum absolute atomic E-state index is 0.172. The third kappa shape index (κ3) is 2.29. The van der Waals surface area contributed by atoms with Crippen molar-refractivity contribution in [3.63, 3.8) is 0 Å². The molecule has 0 fully saturated rings. The average Bonchev–Trinajstić information content (AvgIpc) is 2.58. The van der Waals surface area contributed by atoms with Gasteiger partial charge in [-0.1, -0.05) is 91.9 Å². The van der Waals surface area contributed by atoms with Gasteiger partial charge in [0.2, 0.25) is 0 Å². The van der Waals surface area contributed by atoms with E-state index in [9.17, 15) is 10.2 Å². The van der Waals surface area contributed by atoms with Crippen LogP contribution in [0.25, 0.3) is 32.7 Å². The van der Waals surface area contributed by atoms with Gasteiger partial charge in [0.1, 0.15) is 0 Å². The van der Waals surface area contributed by atoms with Crippen LogP contribution in [0, 0.1) is 0 Å². The molecule has 0 bridgehead atoms. The van der Waals surface area contributed by atoms with Crippen molar-refractivity contribution in [1.82, 2.24) is 0 Å². The average molecular weight is 442 g/mol. The lowest BCUT2D eigenvalue weighted by molar-refractivity contribution is -0.271. The molecule has 0 aromatic heterocycles. The van der Waals surface area contributed by atoms with E-state index in [-0.39, 0.29) is 11.5 Å². The van der Waals surface area contributed by atoms with Crippen molar-refractivity contribution in [1.29, 1.82) is 0 Å². The third-order valence-electron chi connectivity index (χ3n) is 4.16. The molecule has 0 aliphatic carbocycles. The molecule has 2 nitrogen and oxygen atoms in total. The minimum Gasteiger partial charge on any atom is -0.871 e. The van der Waals surface area contributed by atoms with Crippen molar-refractivity contribution >= 4 is 53.4 Å². The van der Waals surface area contributed by atoms with Gasteiger partial charge in [0, 0.05) is 8.95 Å². The molecular weight excluding hydrogens is 432 g/mol. The molecule has 0 saturated heterocycles. The maximum Gasteiger partial charge on any atom is 0.0109 e. The quantitative estimate of drug-likeness (QED) is 0.400. The van der Waals surface area contributed by atoms with Crippen LogP contribution >= 0.6 is 31.9 Å². The fourth-order valence-corrected chi connectivity index (χ4v) is 3.97. The first-order valence-corrected chi connectivity index (χ1v) is 8.93. The Morgan fingerprint density at radius 3 is 1.38 bits per heavy atom. The van der Waals surface area contributed by atoms with Gasteiger partial charge in [-0.3, -0.25) is 0 Å². The van der Waals surface area contributed by atoms with Crippen molar-refractivity contribution in [2.45, 2.75) is 0 Å². The predicted octanol–water partition coefficient (Wildman–Crippen LogP) is 5.33. The SMILES string of the molecule is [O-]c1c(Br)cc2ccccc2c1-c1c([O-])c(Br)cc2ccccc12. The Balaban J connectivity index is 2.26. The molecule has 4 heteroatoms. The van der Waals surface area contributed by atoms with Crippen LogP contribution in [0.3, 0.4) is 0 Å². The smallest absolute Gasteiger partial charge is 0.0109 e. The fourth-order valence-electron chi connectivity index (χ4n) is 3.09. The molecule has 0 aliphatic rings. The molecule has 0 spiro atoms. The zero-order valence-corrected chi connectivity index (χ0v) is 15.5. The summed E-state index contributed by atoms with van der Waals surface area (Å²) in [5.74, 6) is -0.344. The minimum atomic E-state index is -0.172. The summed E-state index contributed by atoms with van der Waals surface area (Å²) in [7, 11) is 0. The van der Waals surface area contributed by atoms with Crippen LogP contribution in [0.15, 0.2) is 69.6 Å². The van der Waals surface area contributed by atoms with Crippen molar-refractivity contribution < 1.29 is 10.2 Å². The molecule has 4 aromatic carbocycles. The molecule has 24 heavy (non-hydrogen) atoms. The maximum atomic E-state index is 12.9. The highest BCUT2D eigenvalue weighted by Crippen LogP contribution is 2.47. The highest BCUT2D eigenvalue weighted by Gasteiger charge is 2.13. The van der Waals surface area contributed by atoms with E-state index in [1.165, 1.54) is 0 Å². The summed E-state index contributed by atoms with van der Waals surface area (Å²) in [6.07, 6.45) is 0. The number of benzene rings is 4. The molecule has 0 unspecified atom stereocenters. The first-order chi connectivity index (χ1) is 11.6. The second-order valence-electron chi connectivity index (χ2n) is 5.57. The molecule has 0 radical (unpaired) electrons. The molecule has 0 N–H and O–H groups in total. The summed E-state index contributed by atoms with van der Waals surface area (Å²) in [6, 6.07) is 18.8. The van der Waals surface area contributed by atoms with Crippen LogP contribution < -0.4 is 10.2 Å². The van der Waals surface area contributed by atoms with Gasteiger partial charge in [-0.15, -0.1) is 0 Å². The summed E-state index contributed by atoms with van der Waals surface area (Å²) in [4.78, 5) is 0. The topological polar surface area (TPSA) is 46.1 Å². The molecule has 0 atom stereocenters. The molecule has 0 saturated carbocycles. The van der Waals surface area contributed by atoms with Crippen molar-refractivity contribution in [3.8, 4) is 22.6 Å². The van der Waals surface area contributed by atoms with E-state index in [0.717, 1.165) is 21.5 Å². The number of fused-ring (bicyclic) bond motifs is 2. The monoisotopic (exact) mass is 440 g/mol. The summed E-state index contributed by atoms with van der Waals surface area (Å²) >= 11 is 6.69. The first kappa shape index (κ1) is 15.5. The highest BCUT2D eigenvalue weighted by atomic mass is 79.9. The predicted molar refractivity (Wildman–Crippen MR) is 101 cm³/mol. The van der Waals surface area contributed by atoms with Gasteiger partial charge < -0.3 is 10.2 Å². The second kappa shape index (κ2) is 5.80. The summed E-state index contributed by atoms with van der Waals surface area (Å²) in [5.41, 5.74) is 0.893. The molecule has 4 aromatic rings. The van der Waals surface area contributed by atoms with Crippen molar-refractivity contribution in [2.75, 3.05) is 0 Å². The van der Waals surface area contributed by atoms with E-state index in [0.29, 0.717) is 20.1 Å². The van der Waals surface area contributed by atoms with Gasteiger partial charge in [0.05, 0.1) is 0 Å². The van der Waals surface area contributed by atoms with E-state index in [1.807, 2.05) is 48.5 Å². The maximum absolute atomic E-state index is 12.9. The van der Waals surface area contributed by atoms with Crippen LogP contribution in [-0.2, 0) is 0 Å². The second-order valence-corrected chi connectivity index (χ2v) is 7.28. The number of rotatable bonds is 1. The Bertz CT molecular complexity index is 1010. The Labute approximate surface area is 155 Å². The van der Waals surface area contributed by atoms with Crippen LogP contribution in [0.2, 0.25) is 0 Å². The van der Waals surface area contributed by atoms with E-state index in [1.54, 1.807) is 12.1 Å². The number of hydrogen-bond donors (Lipinski definition) is 0. The molecular formula is C20H10Br2O2-2. The Morgan fingerprint density at radius 2 is 0.958 bits per heavy atom. The van der Waals surface area contributed by atoms with Crippen LogP contribution in [0.1, 0.15) is 0 Å². The van der Waals surface area contributed by atoms with Crippen molar-refractivity contribution in [3.05, 3.63) is 69.6 Å². The largest absolute Gasteiger partial charge is 0.871 e. The third-order valence-corrected chi connectivity index (χ3v) is 5.34. The lowest BCUT2D eigenvalue weighted by Crippen LogP contribution is -2.01. The first-order valence-electron chi connectivity index (χ1n) is 7.35. The summed E-state index contributed by atoms with van der Waals surface area (Å²) in [6.45, 7) is 0. The van der Waals surface area contributed by atoms with E-state index in [4.69, 9.17) is 0 Å². The van der Waals surface area contributed by atoms with Gasteiger partial charge in [-0.05, 0) is 44.8 Å². The van der Waals surface area contributed by atoms with Gasteiger partial charge in [-0.2, -0.15) is 0 Å². The van der Waals surface area contributed by atoms with Gasteiger partial charge in [0.15, 0.2) is 0 Å². The molecule has 0 amide bonds. The van der Waals surface area contributed by atoms with Crippen LogP contribution in [-0.4, -0.2) is 0 Å². The zero-order chi connectivity index (χ0) is 16.8. The number of hydrogen-bond acceptors (Lipinski definition) is 2. The van der Waals surface area contributed by atoms with Gasteiger partial charge >= 0.3 is 0 Å². The van der Waals surface area contributed by atoms with Gasteiger partial charge in [-0.25, -0.2) is 0 Å². The standard InChI is InChI=1S/C20H12Br2O2/c21-15-9-11-5-1-3-7-13(11)17(19(15)23)18-14-8-4-2-6-12(14)10-16(22)20(18)24/h1-10,23-24H/p-2. The zero-order valence-electron chi connectivity index (χ0n) is 12.3. The van der Waals surface area contributed by atoms with Crippen molar-refractivity contribution in [2.24, 2.45) is 0 Å². The Morgan fingerprint density at radius 1 is 0.583 bits per heavy atom. The Kier molecular flexibility index (Phi) is 3.74. The van der Waals surface area contributed by atoms with Crippen LogP contribution in [0.5, 0.6) is 11.5 Å². The number of halogens is 2. The molecule has 118 valence electrons. The molecule has 4 rings (SSSR count). The van der Waals surface area contributed by atoms with E-state index < -0.39 is 0 Å². The summed E-state index contributed by atoms with van der Waals surface area (Å²) < 4.78 is 0.916.